The second-order valence-electron chi connectivity index (χ2n) is 4.92. The first-order valence-corrected chi connectivity index (χ1v) is 6.30. The summed E-state index contributed by atoms with van der Waals surface area (Å²) in [6.45, 7) is 2.16. The molecule has 5 nitrogen and oxygen atoms in total. The van der Waals surface area contributed by atoms with Gasteiger partial charge in [-0.25, -0.2) is 0 Å². The highest BCUT2D eigenvalue weighted by molar-refractivity contribution is 5.87. The molecule has 0 atom stereocenters. The highest BCUT2D eigenvalue weighted by Gasteiger charge is 2.10. The number of hydrogen-bond donors (Lipinski definition) is 0. The summed E-state index contributed by atoms with van der Waals surface area (Å²) in [5, 5.41) is 4.17. The molecule has 0 spiro atoms. The Balaban J connectivity index is 2.31. The van der Waals surface area contributed by atoms with Crippen molar-refractivity contribution in [1.29, 1.82) is 0 Å². The molecule has 5 heteroatoms. The fourth-order valence-electron chi connectivity index (χ4n) is 1.89. The predicted molar refractivity (Wildman–Crippen MR) is 76.5 cm³/mol. The molecule has 0 unspecified atom stereocenters. The topological polar surface area (TPSA) is 55.2 Å². The van der Waals surface area contributed by atoms with E-state index in [1.165, 1.54) is 4.90 Å². The Kier molecular flexibility index (Phi) is 3.98. The van der Waals surface area contributed by atoms with E-state index >= 15 is 0 Å². The van der Waals surface area contributed by atoms with Crippen LogP contribution in [0.2, 0.25) is 0 Å². The second kappa shape index (κ2) is 5.69. The van der Waals surface area contributed by atoms with Gasteiger partial charge in [0.2, 0.25) is 5.91 Å². The number of benzene rings is 1. The summed E-state index contributed by atoms with van der Waals surface area (Å²) in [7, 11) is 3.41. The first kappa shape index (κ1) is 14.0. The minimum Gasteiger partial charge on any atom is -0.347 e. The number of aldehydes is 1. The smallest absolute Gasteiger partial charge is 0.243 e. The fourth-order valence-corrected chi connectivity index (χ4v) is 1.89. The van der Waals surface area contributed by atoms with Crippen LogP contribution in [0.5, 0.6) is 0 Å². The van der Waals surface area contributed by atoms with Crippen molar-refractivity contribution in [2.45, 2.75) is 13.5 Å². The molecule has 2 aromatic rings. The van der Waals surface area contributed by atoms with E-state index in [0.717, 1.165) is 23.0 Å². The molecule has 20 heavy (non-hydrogen) atoms. The van der Waals surface area contributed by atoms with Crippen LogP contribution in [0.1, 0.15) is 15.9 Å². The van der Waals surface area contributed by atoms with Gasteiger partial charge in [-0.1, -0.05) is 23.8 Å². The second-order valence-corrected chi connectivity index (χ2v) is 4.92. The van der Waals surface area contributed by atoms with Crippen LogP contribution in [0.15, 0.2) is 30.6 Å². The first-order valence-electron chi connectivity index (χ1n) is 6.30. The van der Waals surface area contributed by atoms with Gasteiger partial charge in [-0.05, 0) is 12.5 Å². The largest absolute Gasteiger partial charge is 0.347 e. The molecular formula is C15H17N3O2. The zero-order chi connectivity index (χ0) is 14.7. The summed E-state index contributed by atoms with van der Waals surface area (Å²) in [6, 6.07) is 5.63. The lowest BCUT2D eigenvalue weighted by molar-refractivity contribution is -0.129. The Morgan fingerprint density at radius 3 is 2.80 bits per heavy atom. The number of likely N-dealkylation sites (N-methyl/N-ethyl adjacent to an activating group) is 1. The molecule has 2 rings (SSSR count). The highest BCUT2D eigenvalue weighted by Crippen LogP contribution is 2.23. The van der Waals surface area contributed by atoms with Crippen LogP contribution in [0.25, 0.3) is 11.1 Å². The van der Waals surface area contributed by atoms with Crippen LogP contribution >= 0.6 is 0 Å². The van der Waals surface area contributed by atoms with Crippen LogP contribution in [-0.4, -0.2) is 41.0 Å². The zero-order valence-corrected chi connectivity index (χ0v) is 11.8. The predicted octanol–water partition coefficient (Wildman–Crippen LogP) is 1.76. The minimum atomic E-state index is -0.0282. The number of aromatic nitrogens is 2. The average molecular weight is 271 g/mol. The Morgan fingerprint density at radius 1 is 1.40 bits per heavy atom. The number of amides is 1. The summed E-state index contributed by atoms with van der Waals surface area (Å²) < 4.78 is 1.58. The van der Waals surface area contributed by atoms with E-state index in [4.69, 9.17) is 0 Å². The molecule has 0 saturated heterocycles. The Bertz CT molecular complexity index is 644. The normalized spacial score (nSPS) is 10.3. The van der Waals surface area contributed by atoms with Crippen molar-refractivity contribution < 1.29 is 9.59 Å². The lowest BCUT2D eigenvalue weighted by atomic mass is 10.0. The van der Waals surface area contributed by atoms with Gasteiger partial charge < -0.3 is 4.90 Å². The van der Waals surface area contributed by atoms with Gasteiger partial charge in [0, 0.05) is 31.4 Å². The lowest BCUT2D eigenvalue weighted by Crippen LogP contribution is -2.26. The van der Waals surface area contributed by atoms with E-state index in [9.17, 15) is 9.59 Å². The lowest BCUT2D eigenvalue weighted by Gasteiger charge is -2.09. The molecule has 104 valence electrons. The van der Waals surface area contributed by atoms with Gasteiger partial charge in [0.15, 0.2) is 6.29 Å². The Morgan fingerprint density at radius 2 is 2.15 bits per heavy atom. The van der Waals surface area contributed by atoms with Gasteiger partial charge in [-0.2, -0.15) is 5.10 Å². The van der Waals surface area contributed by atoms with Crippen molar-refractivity contribution in [3.05, 3.63) is 41.7 Å². The zero-order valence-electron chi connectivity index (χ0n) is 11.8. The molecule has 0 N–H and O–H groups in total. The Labute approximate surface area is 117 Å². The van der Waals surface area contributed by atoms with Gasteiger partial charge in [0.25, 0.3) is 0 Å². The number of aryl methyl sites for hydroxylation is 1. The molecular weight excluding hydrogens is 254 g/mol. The molecule has 0 aliphatic rings. The van der Waals surface area contributed by atoms with Crippen LogP contribution in [0.4, 0.5) is 0 Å². The molecule has 1 aromatic carbocycles. The first-order chi connectivity index (χ1) is 9.51. The number of carbonyl (C=O) groups is 2. The number of rotatable bonds is 4. The van der Waals surface area contributed by atoms with E-state index in [0.29, 0.717) is 5.56 Å². The van der Waals surface area contributed by atoms with Gasteiger partial charge in [0.1, 0.15) is 6.54 Å². The minimum absolute atomic E-state index is 0.0282. The van der Waals surface area contributed by atoms with Crippen LogP contribution < -0.4 is 0 Å². The molecule has 0 bridgehead atoms. The molecule has 1 amide bonds. The van der Waals surface area contributed by atoms with E-state index in [1.54, 1.807) is 37.2 Å². The number of hydrogen-bond acceptors (Lipinski definition) is 3. The molecule has 0 fully saturated rings. The van der Waals surface area contributed by atoms with Crippen LogP contribution in [0, 0.1) is 6.92 Å². The van der Waals surface area contributed by atoms with Crippen molar-refractivity contribution in [2.24, 2.45) is 0 Å². The molecule has 0 radical (unpaired) electrons. The molecule has 1 heterocycles. The highest BCUT2D eigenvalue weighted by atomic mass is 16.2. The molecule has 0 aliphatic heterocycles. The van der Waals surface area contributed by atoms with Crippen molar-refractivity contribution in [3.8, 4) is 11.1 Å². The van der Waals surface area contributed by atoms with Crippen molar-refractivity contribution in [3.63, 3.8) is 0 Å². The maximum atomic E-state index is 11.6. The summed E-state index contributed by atoms with van der Waals surface area (Å²) in [4.78, 5) is 24.3. The maximum Gasteiger partial charge on any atom is 0.243 e. The quantitative estimate of drug-likeness (QED) is 0.796. The maximum absolute atomic E-state index is 11.6. The third-order valence-corrected chi connectivity index (χ3v) is 3.08. The summed E-state index contributed by atoms with van der Waals surface area (Å²) in [5.41, 5.74) is 3.36. The number of carbonyl (C=O) groups excluding carboxylic acids is 2. The van der Waals surface area contributed by atoms with Crippen molar-refractivity contribution in [2.75, 3.05) is 14.1 Å². The van der Waals surface area contributed by atoms with Gasteiger partial charge >= 0.3 is 0 Å². The summed E-state index contributed by atoms with van der Waals surface area (Å²) in [5.74, 6) is -0.0282. The van der Waals surface area contributed by atoms with Gasteiger partial charge in [-0.3, -0.25) is 14.3 Å². The fraction of sp³-hybridized carbons (Fsp3) is 0.267. The standard InChI is InChI=1S/C15H17N3O2/c1-11-4-5-12(10-19)14(6-11)13-7-16-18(8-13)9-15(20)17(2)3/h4-8,10H,9H2,1-3H3. The third-order valence-electron chi connectivity index (χ3n) is 3.08. The molecule has 1 aromatic heterocycles. The molecule has 0 aliphatic carbocycles. The van der Waals surface area contributed by atoms with E-state index in [2.05, 4.69) is 5.10 Å². The van der Waals surface area contributed by atoms with Crippen molar-refractivity contribution in [1.82, 2.24) is 14.7 Å². The van der Waals surface area contributed by atoms with Crippen molar-refractivity contribution >= 4 is 12.2 Å². The van der Waals surface area contributed by atoms with E-state index in [-0.39, 0.29) is 12.5 Å². The van der Waals surface area contributed by atoms with E-state index in [1.807, 2.05) is 19.1 Å². The van der Waals surface area contributed by atoms with Crippen LogP contribution in [0.3, 0.4) is 0 Å². The number of nitrogens with zero attached hydrogens (tertiary/aromatic N) is 3. The molecule has 0 saturated carbocycles. The van der Waals surface area contributed by atoms with Crippen LogP contribution in [-0.2, 0) is 11.3 Å². The van der Waals surface area contributed by atoms with Gasteiger partial charge in [-0.15, -0.1) is 0 Å². The summed E-state index contributed by atoms with van der Waals surface area (Å²) >= 11 is 0. The van der Waals surface area contributed by atoms with Gasteiger partial charge in [0.05, 0.1) is 6.20 Å². The summed E-state index contributed by atoms with van der Waals surface area (Å²) in [6.07, 6.45) is 4.28. The van der Waals surface area contributed by atoms with E-state index < -0.39 is 0 Å². The average Bonchev–Trinajstić information content (AvgIpc) is 2.87. The SMILES string of the molecule is Cc1ccc(C=O)c(-c2cnn(CC(=O)N(C)C)c2)c1. The third kappa shape index (κ3) is 2.93. The monoisotopic (exact) mass is 271 g/mol. The Hall–Kier alpha value is -2.43.